The Hall–Kier alpha value is -0.810. The van der Waals surface area contributed by atoms with Crippen LogP contribution in [-0.4, -0.2) is 31.6 Å². The van der Waals surface area contributed by atoms with Crippen LogP contribution >= 0.6 is 12.4 Å². The van der Waals surface area contributed by atoms with Crippen LogP contribution in [0, 0.1) is 11.3 Å². The molecule has 1 aliphatic carbocycles. The Morgan fingerprint density at radius 3 is 2.44 bits per heavy atom. The number of hydrogen-bond donors (Lipinski definition) is 2. The molecule has 0 spiro atoms. The summed E-state index contributed by atoms with van der Waals surface area (Å²) in [5.74, 6) is -0.325. The molecule has 1 amide bonds. The van der Waals surface area contributed by atoms with E-state index in [4.69, 9.17) is 5.73 Å². The number of amides is 1. The average molecular weight is 279 g/mol. The van der Waals surface area contributed by atoms with Gasteiger partial charge in [-0.15, -0.1) is 12.4 Å². The van der Waals surface area contributed by atoms with Gasteiger partial charge in [0, 0.05) is 18.5 Å². The molecule has 0 aromatic rings. The number of rotatable bonds is 4. The third-order valence-electron chi connectivity index (χ3n) is 3.29. The maximum Gasteiger partial charge on any atom is 0.313 e. The van der Waals surface area contributed by atoms with E-state index in [2.05, 4.69) is 10.1 Å². The fourth-order valence-corrected chi connectivity index (χ4v) is 2.06. The van der Waals surface area contributed by atoms with Crippen molar-refractivity contribution < 1.29 is 14.3 Å². The van der Waals surface area contributed by atoms with Gasteiger partial charge in [0.25, 0.3) is 0 Å². The smallest absolute Gasteiger partial charge is 0.313 e. The normalized spacial score (nSPS) is 23.1. The van der Waals surface area contributed by atoms with Gasteiger partial charge < -0.3 is 15.8 Å². The van der Waals surface area contributed by atoms with Crippen molar-refractivity contribution in [1.29, 1.82) is 0 Å². The quantitative estimate of drug-likeness (QED) is 0.747. The summed E-state index contributed by atoms with van der Waals surface area (Å²) < 4.78 is 4.68. The van der Waals surface area contributed by atoms with Gasteiger partial charge in [0.1, 0.15) is 0 Å². The molecule has 1 saturated carbocycles. The van der Waals surface area contributed by atoms with Gasteiger partial charge in [-0.05, 0) is 33.1 Å². The minimum absolute atomic E-state index is 0. The number of nitrogens with one attached hydrogen (secondary N) is 1. The van der Waals surface area contributed by atoms with Crippen LogP contribution in [0.3, 0.4) is 0 Å². The molecule has 1 fully saturated rings. The summed E-state index contributed by atoms with van der Waals surface area (Å²) in [6.45, 7) is 3.79. The zero-order valence-electron chi connectivity index (χ0n) is 11.2. The second-order valence-corrected chi connectivity index (χ2v) is 5.36. The number of ether oxygens (including phenoxy) is 1. The fourth-order valence-electron chi connectivity index (χ4n) is 2.06. The fraction of sp³-hybridized carbons (Fsp3) is 0.833. The van der Waals surface area contributed by atoms with E-state index in [0.717, 1.165) is 19.3 Å². The summed E-state index contributed by atoms with van der Waals surface area (Å²) >= 11 is 0. The number of nitrogens with two attached hydrogens (primary N) is 1. The zero-order chi connectivity index (χ0) is 13.1. The molecule has 2 atom stereocenters. The summed E-state index contributed by atoms with van der Waals surface area (Å²) in [6.07, 6.45) is 2.48. The number of hydrogen-bond acceptors (Lipinski definition) is 4. The molecule has 0 aromatic heterocycles. The van der Waals surface area contributed by atoms with Gasteiger partial charge in [-0.25, -0.2) is 0 Å². The molecular weight excluding hydrogens is 256 g/mol. The largest absolute Gasteiger partial charge is 0.469 e. The Morgan fingerprint density at radius 1 is 1.39 bits per heavy atom. The summed E-state index contributed by atoms with van der Waals surface area (Å²) in [4.78, 5) is 23.3. The van der Waals surface area contributed by atoms with Gasteiger partial charge in [-0.3, -0.25) is 9.59 Å². The van der Waals surface area contributed by atoms with Crippen LogP contribution in [-0.2, 0) is 14.3 Å². The first-order valence-electron chi connectivity index (χ1n) is 5.98. The van der Waals surface area contributed by atoms with Gasteiger partial charge in [-0.1, -0.05) is 0 Å². The third kappa shape index (κ3) is 4.46. The molecule has 0 radical (unpaired) electrons. The zero-order valence-corrected chi connectivity index (χ0v) is 12.0. The van der Waals surface area contributed by atoms with E-state index in [1.54, 1.807) is 13.8 Å². The highest BCUT2D eigenvalue weighted by atomic mass is 35.5. The monoisotopic (exact) mass is 278 g/mol. The second kappa shape index (κ2) is 6.95. The maximum atomic E-state index is 11.8. The van der Waals surface area contributed by atoms with Crippen molar-refractivity contribution in [2.45, 2.75) is 39.2 Å². The van der Waals surface area contributed by atoms with Crippen LogP contribution in [0.1, 0.15) is 33.1 Å². The van der Waals surface area contributed by atoms with Crippen molar-refractivity contribution in [2.24, 2.45) is 17.1 Å². The number of carbonyl (C=O) groups is 2. The molecule has 6 heteroatoms. The van der Waals surface area contributed by atoms with E-state index >= 15 is 0 Å². The molecule has 1 aliphatic rings. The van der Waals surface area contributed by atoms with Gasteiger partial charge in [0.05, 0.1) is 12.5 Å². The van der Waals surface area contributed by atoms with Crippen LogP contribution in [0.15, 0.2) is 0 Å². The maximum absolute atomic E-state index is 11.8. The molecule has 0 saturated heterocycles. The lowest BCUT2D eigenvalue weighted by molar-refractivity contribution is -0.150. The summed E-state index contributed by atoms with van der Waals surface area (Å²) in [6, 6.07) is 0.138. The van der Waals surface area contributed by atoms with Gasteiger partial charge in [0.15, 0.2) is 0 Å². The van der Waals surface area contributed by atoms with Crippen molar-refractivity contribution in [3.8, 4) is 0 Å². The van der Waals surface area contributed by atoms with Crippen molar-refractivity contribution in [1.82, 2.24) is 5.32 Å². The standard InChI is InChI=1S/C12H22N2O3.ClH/c1-12(2,11(16)17-3)7-14-10(15)8-4-5-9(13)6-8;/h8-9H,4-7,13H2,1-3H3,(H,14,15);1H. The number of carbonyl (C=O) groups excluding carboxylic acids is 2. The molecule has 0 bridgehead atoms. The first-order chi connectivity index (χ1) is 7.86. The first-order valence-corrected chi connectivity index (χ1v) is 5.98. The lowest BCUT2D eigenvalue weighted by Crippen LogP contribution is -2.41. The summed E-state index contributed by atoms with van der Waals surface area (Å²) in [7, 11) is 1.35. The molecule has 106 valence electrons. The van der Waals surface area contributed by atoms with Gasteiger partial charge in [-0.2, -0.15) is 0 Å². The third-order valence-corrected chi connectivity index (χ3v) is 3.29. The van der Waals surface area contributed by atoms with Crippen molar-refractivity contribution in [2.75, 3.05) is 13.7 Å². The van der Waals surface area contributed by atoms with E-state index < -0.39 is 5.41 Å². The Labute approximate surface area is 114 Å². The number of halogens is 1. The molecule has 2 unspecified atom stereocenters. The lowest BCUT2D eigenvalue weighted by Gasteiger charge is -2.22. The summed E-state index contributed by atoms with van der Waals surface area (Å²) in [5.41, 5.74) is 5.07. The average Bonchev–Trinajstić information content (AvgIpc) is 2.71. The van der Waals surface area contributed by atoms with E-state index in [9.17, 15) is 9.59 Å². The van der Waals surface area contributed by atoms with Crippen LogP contribution in [0.25, 0.3) is 0 Å². The predicted octanol–water partition coefficient (Wildman–Crippen LogP) is 0.851. The van der Waals surface area contributed by atoms with E-state index in [1.807, 2.05) is 0 Å². The van der Waals surface area contributed by atoms with Gasteiger partial charge >= 0.3 is 5.97 Å². The number of esters is 1. The van der Waals surface area contributed by atoms with Crippen molar-refractivity contribution >= 4 is 24.3 Å². The minimum atomic E-state index is -0.689. The summed E-state index contributed by atoms with van der Waals surface area (Å²) in [5, 5.41) is 2.81. The van der Waals surface area contributed by atoms with Crippen LogP contribution in [0.4, 0.5) is 0 Å². The number of methoxy groups -OCH3 is 1. The highest BCUT2D eigenvalue weighted by molar-refractivity contribution is 5.85. The SMILES string of the molecule is COC(=O)C(C)(C)CNC(=O)C1CCC(N)C1.Cl. The lowest BCUT2D eigenvalue weighted by atomic mass is 9.93. The molecule has 3 N–H and O–H groups in total. The van der Waals surface area contributed by atoms with E-state index in [1.165, 1.54) is 7.11 Å². The molecular formula is C12H23ClN2O3. The molecule has 1 rings (SSSR count). The molecule has 0 aliphatic heterocycles. The second-order valence-electron chi connectivity index (χ2n) is 5.36. The minimum Gasteiger partial charge on any atom is -0.469 e. The van der Waals surface area contributed by atoms with Crippen LogP contribution < -0.4 is 11.1 Å². The Kier molecular flexibility index (Phi) is 6.63. The van der Waals surface area contributed by atoms with E-state index in [-0.39, 0.29) is 36.2 Å². The van der Waals surface area contributed by atoms with E-state index in [0.29, 0.717) is 6.54 Å². The van der Waals surface area contributed by atoms with Crippen molar-refractivity contribution in [3.05, 3.63) is 0 Å². The Morgan fingerprint density at radius 2 is 2.00 bits per heavy atom. The highest BCUT2D eigenvalue weighted by Gasteiger charge is 2.32. The predicted molar refractivity (Wildman–Crippen MR) is 71.4 cm³/mol. The molecule has 0 aromatic carbocycles. The Bertz CT molecular complexity index is 308. The first kappa shape index (κ1) is 17.2. The van der Waals surface area contributed by atoms with Crippen LogP contribution in [0.2, 0.25) is 0 Å². The molecule has 5 nitrogen and oxygen atoms in total. The molecule has 0 heterocycles. The molecule has 18 heavy (non-hydrogen) atoms. The topological polar surface area (TPSA) is 81.4 Å². The van der Waals surface area contributed by atoms with Crippen molar-refractivity contribution in [3.63, 3.8) is 0 Å². The highest BCUT2D eigenvalue weighted by Crippen LogP contribution is 2.24. The van der Waals surface area contributed by atoms with Gasteiger partial charge in [0.2, 0.25) is 5.91 Å². The Balaban J connectivity index is 0.00000289. The van der Waals surface area contributed by atoms with Crippen LogP contribution in [0.5, 0.6) is 0 Å².